The van der Waals surface area contributed by atoms with Crippen LogP contribution in [0, 0.1) is 0 Å². The second-order valence-electron chi connectivity index (χ2n) is 7.17. The van der Waals surface area contributed by atoms with E-state index in [0.29, 0.717) is 23.1 Å². The van der Waals surface area contributed by atoms with E-state index in [0.717, 1.165) is 11.1 Å². The van der Waals surface area contributed by atoms with Crippen molar-refractivity contribution in [1.82, 2.24) is 20.6 Å². The monoisotopic (exact) mass is 442 g/mol. The van der Waals surface area contributed by atoms with Gasteiger partial charge in [0.2, 0.25) is 0 Å². The number of aromatic nitrogens is 2. The molecule has 0 aliphatic carbocycles. The van der Waals surface area contributed by atoms with Crippen molar-refractivity contribution in [1.29, 1.82) is 0 Å². The molecule has 0 fully saturated rings. The number of benzene rings is 3. The number of carbonyl (C=O) groups excluding carboxylic acids is 2. The van der Waals surface area contributed by atoms with E-state index in [1.807, 2.05) is 48.5 Å². The number of nitrogens with one attached hydrogen (secondary N) is 2. The predicted octanol–water partition coefficient (Wildman–Crippen LogP) is 2.92. The van der Waals surface area contributed by atoms with Crippen LogP contribution in [0.3, 0.4) is 0 Å². The number of hydrazine groups is 1. The second kappa shape index (κ2) is 9.78. The van der Waals surface area contributed by atoms with Crippen molar-refractivity contribution in [2.75, 3.05) is 6.61 Å². The lowest BCUT2D eigenvalue weighted by Crippen LogP contribution is -2.44. The van der Waals surface area contributed by atoms with Crippen molar-refractivity contribution >= 4 is 22.6 Å². The summed E-state index contributed by atoms with van der Waals surface area (Å²) in [6, 6.07) is 23.8. The van der Waals surface area contributed by atoms with Gasteiger partial charge in [-0.2, -0.15) is 5.10 Å². The minimum Gasteiger partial charge on any atom is -0.483 e. The molecular weight excluding hydrogens is 420 g/mol. The molecule has 1 heterocycles. The van der Waals surface area contributed by atoms with Crippen LogP contribution < -0.4 is 21.1 Å². The highest BCUT2D eigenvalue weighted by molar-refractivity contribution is 6.05. The Labute approximate surface area is 189 Å². The number of para-hydroxylation sites is 1. The topological polar surface area (TPSA) is 102 Å². The van der Waals surface area contributed by atoms with E-state index in [-0.39, 0.29) is 17.9 Å². The first-order valence-corrected chi connectivity index (χ1v) is 10.4. The minimum atomic E-state index is -0.633. The Morgan fingerprint density at radius 3 is 2.30 bits per heavy atom. The molecule has 4 aromatic rings. The lowest BCUT2D eigenvalue weighted by molar-refractivity contribution is -0.123. The lowest BCUT2D eigenvalue weighted by Gasteiger charge is -2.13. The molecule has 0 aliphatic heterocycles. The zero-order valence-corrected chi connectivity index (χ0v) is 17.9. The van der Waals surface area contributed by atoms with E-state index in [2.05, 4.69) is 16.0 Å². The molecule has 0 saturated carbocycles. The van der Waals surface area contributed by atoms with E-state index in [9.17, 15) is 14.4 Å². The van der Waals surface area contributed by atoms with Gasteiger partial charge in [0, 0.05) is 17.5 Å². The van der Waals surface area contributed by atoms with E-state index in [1.54, 1.807) is 37.3 Å². The fourth-order valence-corrected chi connectivity index (χ4v) is 3.43. The molecule has 0 aliphatic rings. The number of hydrogen-bond acceptors (Lipinski definition) is 5. The maximum Gasteiger partial charge on any atom is 0.290 e. The normalized spacial score (nSPS) is 10.6. The number of aryl methyl sites for hydroxylation is 1. The molecule has 0 radical (unpaired) electrons. The number of nitrogens with zero attached hydrogens (tertiary/aromatic N) is 2. The number of rotatable bonds is 6. The number of hydrogen-bond donors (Lipinski definition) is 2. The minimum absolute atomic E-state index is 0.0442. The van der Waals surface area contributed by atoms with E-state index < -0.39 is 11.8 Å². The smallest absolute Gasteiger partial charge is 0.290 e. The summed E-state index contributed by atoms with van der Waals surface area (Å²) >= 11 is 0. The molecular formula is C25H22N4O4. The summed E-state index contributed by atoms with van der Waals surface area (Å²) in [5, 5.41) is 4.94. The van der Waals surface area contributed by atoms with Crippen molar-refractivity contribution < 1.29 is 14.3 Å². The highest BCUT2D eigenvalue weighted by Gasteiger charge is 2.17. The van der Waals surface area contributed by atoms with Gasteiger partial charge in [-0.1, -0.05) is 66.7 Å². The van der Waals surface area contributed by atoms with E-state index in [4.69, 9.17) is 4.74 Å². The molecule has 4 rings (SSSR count). The average molecular weight is 442 g/mol. The molecule has 8 heteroatoms. The van der Waals surface area contributed by atoms with Crippen molar-refractivity contribution in [2.24, 2.45) is 0 Å². The molecule has 0 spiro atoms. The van der Waals surface area contributed by atoms with Crippen LogP contribution in [0.5, 0.6) is 5.75 Å². The SMILES string of the molecule is CCn1nc(C(=O)NNC(=O)COc2ccccc2-c2ccccc2)c2ccccc2c1=O. The van der Waals surface area contributed by atoms with Crippen molar-refractivity contribution in [3.8, 4) is 16.9 Å². The molecule has 33 heavy (non-hydrogen) atoms. The Kier molecular flexibility index (Phi) is 6.45. The molecule has 166 valence electrons. The summed E-state index contributed by atoms with van der Waals surface area (Å²) in [5.74, 6) is -0.626. The molecule has 0 saturated heterocycles. The second-order valence-corrected chi connectivity index (χ2v) is 7.17. The van der Waals surface area contributed by atoms with Crippen LogP contribution in [0.25, 0.3) is 21.9 Å². The molecule has 2 N–H and O–H groups in total. The zero-order valence-electron chi connectivity index (χ0n) is 17.9. The van der Waals surface area contributed by atoms with Crippen molar-refractivity contribution in [3.05, 3.63) is 94.9 Å². The lowest BCUT2D eigenvalue weighted by atomic mass is 10.1. The van der Waals surface area contributed by atoms with Crippen LogP contribution >= 0.6 is 0 Å². The van der Waals surface area contributed by atoms with Crippen LogP contribution in [0.15, 0.2) is 83.7 Å². The standard InChI is InChI=1S/C25H22N4O4/c1-2-29-25(32)20-14-7-6-13-19(20)23(28-29)24(31)27-26-22(30)16-33-21-15-9-8-12-18(21)17-10-4-3-5-11-17/h3-15H,2,16H2,1H3,(H,26,30)(H,27,31). The van der Waals surface area contributed by atoms with Gasteiger partial charge in [0.1, 0.15) is 5.75 Å². The van der Waals surface area contributed by atoms with Gasteiger partial charge in [-0.15, -0.1) is 0 Å². The summed E-state index contributed by atoms with van der Waals surface area (Å²) in [7, 11) is 0. The molecule has 0 atom stereocenters. The highest BCUT2D eigenvalue weighted by Crippen LogP contribution is 2.29. The Morgan fingerprint density at radius 1 is 0.879 bits per heavy atom. The molecule has 8 nitrogen and oxygen atoms in total. The molecule has 0 unspecified atom stereocenters. The van der Waals surface area contributed by atoms with E-state index >= 15 is 0 Å². The summed E-state index contributed by atoms with van der Waals surface area (Å²) < 4.78 is 6.90. The van der Waals surface area contributed by atoms with Gasteiger partial charge >= 0.3 is 0 Å². The van der Waals surface area contributed by atoms with Crippen LogP contribution in [-0.4, -0.2) is 28.2 Å². The van der Waals surface area contributed by atoms with Gasteiger partial charge < -0.3 is 4.74 Å². The van der Waals surface area contributed by atoms with Crippen LogP contribution in [0.4, 0.5) is 0 Å². The van der Waals surface area contributed by atoms with E-state index in [1.165, 1.54) is 4.68 Å². The first-order valence-electron chi connectivity index (χ1n) is 10.4. The first-order chi connectivity index (χ1) is 16.1. The quantitative estimate of drug-likeness (QED) is 0.447. The van der Waals surface area contributed by atoms with Crippen LogP contribution in [-0.2, 0) is 11.3 Å². The summed E-state index contributed by atoms with van der Waals surface area (Å²) in [6.07, 6.45) is 0. The Bertz CT molecular complexity index is 1370. The fraction of sp³-hybridized carbons (Fsp3) is 0.120. The summed E-state index contributed by atoms with van der Waals surface area (Å²) in [4.78, 5) is 37.5. The predicted molar refractivity (Wildman–Crippen MR) is 125 cm³/mol. The molecule has 2 amide bonds. The van der Waals surface area contributed by atoms with Gasteiger partial charge in [-0.25, -0.2) is 4.68 Å². The van der Waals surface area contributed by atoms with Gasteiger partial charge in [0.15, 0.2) is 12.3 Å². The summed E-state index contributed by atoms with van der Waals surface area (Å²) in [5.41, 5.74) is 6.27. The number of amides is 2. The van der Waals surface area contributed by atoms with Crippen LogP contribution in [0.2, 0.25) is 0 Å². The van der Waals surface area contributed by atoms with Gasteiger partial charge in [-0.3, -0.25) is 25.2 Å². The first kappa shape index (κ1) is 21.8. The largest absolute Gasteiger partial charge is 0.483 e. The Morgan fingerprint density at radius 2 is 1.55 bits per heavy atom. The zero-order chi connectivity index (χ0) is 23.2. The van der Waals surface area contributed by atoms with Gasteiger partial charge in [0.25, 0.3) is 17.4 Å². The van der Waals surface area contributed by atoms with Gasteiger partial charge in [-0.05, 0) is 24.6 Å². The highest BCUT2D eigenvalue weighted by atomic mass is 16.5. The third kappa shape index (κ3) is 4.74. The summed E-state index contributed by atoms with van der Waals surface area (Å²) in [6.45, 7) is 1.77. The van der Waals surface area contributed by atoms with Crippen molar-refractivity contribution in [2.45, 2.75) is 13.5 Å². The average Bonchev–Trinajstić information content (AvgIpc) is 2.87. The Balaban J connectivity index is 1.43. The molecule has 3 aromatic carbocycles. The number of fused-ring (bicyclic) bond motifs is 1. The number of ether oxygens (including phenoxy) is 1. The molecule has 0 bridgehead atoms. The third-order valence-corrected chi connectivity index (χ3v) is 5.03. The molecule has 1 aromatic heterocycles. The number of carbonyl (C=O) groups is 2. The third-order valence-electron chi connectivity index (χ3n) is 5.03. The van der Waals surface area contributed by atoms with Crippen molar-refractivity contribution in [3.63, 3.8) is 0 Å². The fourth-order valence-electron chi connectivity index (χ4n) is 3.43. The Hall–Kier alpha value is -4.46. The maximum absolute atomic E-state index is 12.7. The maximum atomic E-state index is 12.7. The van der Waals surface area contributed by atoms with Crippen LogP contribution in [0.1, 0.15) is 17.4 Å². The van der Waals surface area contributed by atoms with Gasteiger partial charge in [0.05, 0.1) is 5.39 Å².